The van der Waals surface area contributed by atoms with Crippen LogP contribution < -0.4 is 65.1 Å². The maximum atomic E-state index is 15.2. The zero-order chi connectivity index (χ0) is 73.6. The van der Waals surface area contributed by atoms with Gasteiger partial charge in [-0.1, -0.05) is 124 Å². The number of hydrogen-bond donors (Lipinski definition) is 16. The smallest absolute Gasteiger partial charge is 0.246 e. The summed E-state index contributed by atoms with van der Waals surface area (Å²) in [5.74, 6) is -12.6. The summed E-state index contributed by atoms with van der Waals surface area (Å²) >= 11 is 0. The van der Waals surface area contributed by atoms with Gasteiger partial charge in [-0.25, -0.2) is 4.68 Å². The van der Waals surface area contributed by atoms with Crippen molar-refractivity contribution in [2.75, 3.05) is 13.1 Å². The Labute approximate surface area is 583 Å². The number of rotatable bonds is 21. The number of fused-ring (bicyclic) bond motifs is 1. The third kappa shape index (κ3) is 23.1. The van der Waals surface area contributed by atoms with Crippen LogP contribution in [0.3, 0.4) is 0 Å². The second-order valence-electron chi connectivity index (χ2n) is 26.4. The molecule has 0 spiro atoms. The van der Waals surface area contributed by atoms with E-state index in [1.165, 1.54) is 11.1 Å². The van der Waals surface area contributed by atoms with Crippen LogP contribution in [0.15, 0.2) is 97.2 Å². The molecule has 33 nitrogen and oxygen atoms in total. The number of nitrogens with two attached hydrogens (primary N) is 3. The maximum absolute atomic E-state index is 15.2. The molecule has 3 aliphatic rings. The first kappa shape index (κ1) is 78.5. The molecule has 548 valence electrons. The summed E-state index contributed by atoms with van der Waals surface area (Å²) in [6.07, 6.45) is -10.1. The van der Waals surface area contributed by atoms with Gasteiger partial charge in [0.15, 0.2) is 6.29 Å². The maximum Gasteiger partial charge on any atom is 0.246 e. The largest absolute Gasteiger partial charge is 0.388 e. The summed E-state index contributed by atoms with van der Waals surface area (Å²) in [7, 11) is 0. The predicted octanol–water partition coefficient (Wildman–Crippen LogP) is -4.70. The van der Waals surface area contributed by atoms with Crippen molar-refractivity contribution < 1.29 is 82.7 Å². The Balaban J connectivity index is 1.31. The van der Waals surface area contributed by atoms with Crippen molar-refractivity contribution in [1.82, 2.24) is 67.7 Å². The normalized spacial score (nSPS) is 27.5. The molecule has 3 aromatic carbocycles. The monoisotopic (exact) mass is 1410 g/mol. The summed E-state index contributed by atoms with van der Waals surface area (Å²) in [6.45, 7) is 6.41. The number of ether oxygens (including phenoxy) is 1. The molecular formula is C68H94N16O17. The Hall–Kier alpha value is -9.80. The molecule has 1 aromatic heterocycles. The molecule has 0 saturated carbocycles. The third-order valence-electron chi connectivity index (χ3n) is 17.5. The number of benzene rings is 3. The highest BCUT2D eigenvalue weighted by Gasteiger charge is 2.45. The van der Waals surface area contributed by atoms with Crippen LogP contribution in [0.4, 0.5) is 0 Å². The van der Waals surface area contributed by atoms with Crippen molar-refractivity contribution in [3.05, 3.63) is 120 Å². The van der Waals surface area contributed by atoms with Crippen LogP contribution in [-0.2, 0) is 94.5 Å². The van der Waals surface area contributed by atoms with Crippen molar-refractivity contribution in [2.24, 2.45) is 29.0 Å². The number of carbonyl (C=O) groups is 12. The predicted molar refractivity (Wildman–Crippen MR) is 360 cm³/mol. The standard InChI is InChI=1S/C68H94N16O17/c1-36(2)28-44-60(92)79-49(31-40-20-12-7-13-21-40)67(99)84-27-15-23-50(84)65(97)78-46(30-39-18-10-6-11-19-39)62(94)75-45(29-38-16-8-5-9-17-38)61(93)77-48(33-53(71)86)63(95)72-43(24-25-52(70)85)59(91)76-47(32-41-34-83(82-81-41)35-51-55(87)56(88)57(89)68(100)101-51)64(96)80-54(37(3)4)66(98)73-42(22-14-26-69)58(90)74-44/h5-13,16-21,34,36-37,42-51,54-57,68,87-89,100H,14-15,22-33,35,69H2,1-4H3,(H2,70,85)(H2,71,86)(H,72,95)(H,73,98)(H,74,90)(H,75,94)(H,76,91)(H,77,93)(H,78,97)(H,79,92)(H,80,96)/t42-,43-,44-,45+,46-,47-,48-,49+,50-,51+,54-,55+,56-,57-,68?/m0/s1. The third-order valence-corrected chi connectivity index (χ3v) is 17.5. The van der Waals surface area contributed by atoms with E-state index >= 15 is 4.79 Å². The molecule has 3 aliphatic heterocycles. The second-order valence-corrected chi connectivity index (χ2v) is 26.4. The fourth-order valence-electron chi connectivity index (χ4n) is 12.1. The highest BCUT2D eigenvalue weighted by Crippen LogP contribution is 2.24. The fraction of sp³-hybridized carbons (Fsp3) is 0.529. The summed E-state index contributed by atoms with van der Waals surface area (Å²) in [6, 6.07) is 10.2. The van der Waals surface area contributed by atoms with Crippen molar-refractivity contribution in [3.8, 4) is 0 Å². The molecule has 15 atom stereocenters. The van der Waals surface area contributed by atoms with Gasteiger partial charge < -0.3 is 95.1 Å². The Morgan fingerprint density at radius 3 is 1.52 bits per heavy atom. The zero-order valence-electron chi connectivity index (χ0n) is 56.8. The Morgan fingerprint density at radius 2 is 0.990 bits per heavy atom. The number of nitrogens with one attached hydrogen (secondary N) is 9. The van der Waals surface area contributed by atoms with E-state index < -0.39 is 200 Å². The molecule has 7 rings (SSSR count). The van der Waals surface area contributed by atoms with Gasteiger partial charge >= 0.3 is 0 Å². The number of aliphatic hydroxyl groups excluding tert-OH is 4. The Bertz CT molecular complexity index is 3510. The molecule has 19 N–H and O–H groups in total. The van der Waals surface area contributed by atoms with Crippen LogP contribution in [0, 0.1) is 11.8 Å². The molecule has 12 amide bonds. The van der Waals surface area contributed by atoms with Crippen molar-refractivity contribution in [2.45, 2.75) is 202 Å². The molecule has 1 unspecified atom stereocenters. The lowest BCUT2D eigenvalue weighted by Crippen LogP contribution is -2.62. The topological polar surface area (TPSA) is 515 Å². The molecule has 101 heavy (non-hydrogen) atoms. The lowest BCUT2D eigenvalue weighted by Gasteiger charge is -2.38. The van der Waals surface area contributed by atoms with Gasteiger partial charge in [0.25, 0.3) is 0 Å². The molecule has 3 fully saturated rings. The van der Waals surface area contributed by atoms with Crippen LogP contribution in [0.5, 0.6) is 0 Å². The lowest BCUT2D eigenvalue weighted by atomic mass is 9.99. The van der Waals surface area contributed by atoms with Gasteiger partial charge in [-0.2, -0.15) is 0 Å². The molecular weight excluding hydrogens is 1310 g/mol. The van der Waals surface area contributed by atoms with Gasteiger partial charge in [0.05, 0.1) is 18.7 Å². The zero-order valence-corrected chi connectivity index (χ0v) is 56.8. The molecule has 4 aromatic rings. The van der Waals surface area contributed by atoms with Gasteiger partial charge in [0, 0.05) is 44.8 Å². The minimum absolute atomic E-state index is 0.0219. The number of hydrogen-bond acceptors (Lipinski definition) is 20. The van der Waals surface area contributed by atoms with Crippen molar-refractivity contribution in [3.63, 3.8) is 0 Å². The molecule has 0 radical (unpaired) electrons. The summed E-state index contributed by atoms with van der Waals surface area (Å²) < 4.78 is 6.39. The van der Waals surface area contributed by atoms with Crippen LogP contribution >= 0.6 is 0 Å². The molecule has 0 aliphatic carbocycles. The van der Waals surface area contributed by atoms with Crippen LogP contribution in [-0.4, -0.2) is 215 Å². The van der Waals surface area contributed by atoms with Gasteiger partial charge in [-0.3, -0.25) is 57.5 Å². The first-order chi connectivity index (χ1) is 48.1. The number of primary amides is 2. The SMILES string of the molecule is CC(C)C[C@@H]1NC(=O)[C@H](CCCN)NC(=O)[C@H](C(C)C)NC(=O)[C@H](Cc2cn(C[C@H]3OC(O)[C@@H](O)[C@@H](O)[C@@H]3O)nn2)NC(=O)[C@H](CCC(N)=O)NC(=O)[C@H](CC(N)=O)NC(=O)[C@@H](Cc2ccccc2)NC(=O)[C@H](Cc2ccccc2)NC(=O)[C@@H]2CCCN2C(=O)[C@@H](Cc2ccccc2)NC1=O. The van der Waals surface area contributed by atoms with Crippen LogP contribution in [0.1, 0.15) is 101 Å². The summed E-state index contributed by atoms with van der Waals surface area (Å²) in [5, 5.41) is 73.4. The van der Waals surface area contributed by atoms with E-state index in [0.717, 1.165) is 4.68 Å². The summed E-state index contributed by atoms with van der Waals surface area (Å²) in [4.78, 5) is 175. The quantitative estimate of drug-likeness (QED) is 0.0373. The average molecular weight is 1410 g/mol. The van der Waals surface area contributed by atoms with E-state index in [4.69, 9.17) is 21.9 Å². The van der Waals surface area contributed by atoms with Gasteiger partial charge in [-0.15, -0.1) is 5.10 Å². The van der Waals surface area contributed by atoms with E-state index in [2.05, 4.69) is 58.2 Å². The first-order valence-electron chi connectivity index (χ1n) is 33.8. The first-order valence-corrected chi connectivity index (χ1v) is 33.8. The number of carbonyl (C=O) groups excluding carboxylic acids is 12. The highest BCUT2D eigenvalue weighted by molar-refractivity contribution is 6.00. The van der Waals surface area contributed by atoms with E-state index in [1.807, 2.05) is 0 Å². The number of aliphatic hydroxyl groups is 4. The molecule has 33 heteroatoms. The van der Waals surface area contributed by atoms with E-state index in [-0.39, 0.29) is 69.6 Å². The minimum Gasteiger partial charge on any atom is -0.388 e. The number of aromatic nitrogens is 3. The minimum atomic E-state index is -1.92. The molecule has 0 bridgehead atoms. The number of amides is 12. The van der Waals surface area contributed by atoms with Crippen LogP contribution in [0.2, 0.25) is 0 Å². The number of nitrogens with zero attached hydrogens (tertiary/aromatic N) is 4. The fourth-order valence-corrected chi connectivity index (χ4v) is 12.1. The van der Waals surface area contributed by atoms with Crippen molar-refractivity contribution >= 4 is 70.9 Å². The van der Waals surface area contributed by atoms with E-state index in [9.17, 15) is 73.2 Å². The van der Waals surface area contributed by atoms with Gasteiger partial charge in [-0.05, 0) is 73.6 Å². The van der Waals surface area contributed by atoms with Gasteiger partial charge in [0.1, 0.15) is 84.8 Å². The summed E-state index contributed by atoms with van der Waals surface area (Å²) in [5.41, 5.74) is 18.8. The Morgan fingerprint density at radius 1 is 0.535 bits per heavy atom. The van der Waals surface area contributed by atoms with E-state index in [0.29, 0.717) is 23.1 Å². The van der Waals surface area contributed by atoms with Crippen LogP contribution in [0.25, 0.3) is 0 Å². The van der Waals surface area contributed by atoms with Gasteiger partial charge in [0.2, 0.25) is 70.9 Å². The average Bonchev–Trinajstić information content (AvgIpc) is 1.55. The van der Waals surface area contributed by atoms with E-state index in [1.54, 1.807) is 119 Å². The second kappa shape index (κ2) is 37.6. The Kier molecular flexibility index (Phi) is 29.2. The highest BCUT2D eigenvalue weighted by atomic mass is 16.6. The molecule has 3 saturated heterocycles. The van der Waals surface area contributed by atoms with Crippen molar-refractivity contribution in [1.29, 1.82) is 0 Å². The lowest BCUT2D eigenvalue weighted by molar-refractivity contribution is -0.284. The molecule has 4 heterocycles.